The number of thioether (sulfide) groups is 1. The molecule has 0 saturated heterocycles. The molecule has 0 fully saturated rings. The maximum absolute atomic E-state index is 11.6. The van der Waals surface area contributed by atoms with E-state index in [1.165, 1.54) is 0 Å². The fourth-order valence-corrected chi connectivity index (χ4v) is 2.85. The van der Waals surface area contributed by atoms with Crippen molar-refractivity contribution >= 4 is 17.4 Å². The lowest BCUT2D eigenvalue weighted by Gasteiger charge is -2.09. The number of aromatic amines is 1. The third kappa shape index (κ3) is 4.04. The van der Waals surface area contributed by atoms with Gasteiger partial charge in [-0.15, -0.1) is 5.10 Å². The highest BCUT2D eigenvalue weighted by molar-refractivity contribution is 7.99. The van der Waals surface area contributed by atoms with Crippen LogP contribution in [0.15, 0.2) is 34.2 Å². The number of anilines is 1. The average molecular weight is 308 g/mol. The number of rotatable bonds is 7. The zero-order chi connectivity index (χ0) is 15.2. The molecule has 0 radical (unpaired) electrons. The Bertz CT molecular complexity index is 636. The van der Waals surface area contributed by atoms with Gasteiger partial charge < -0.3 is 10.5 Å². The van der Waals surface area contributed by atoms with Crippen molar-refractivity contribution in [2.45, 2.75) is 31.5 Å². The maximum Gasteiger partial charge on any atom is 0.344 e. The average Bonchev–Trinajstić information content (AvgIpc) is 2.81. The molecule has 21 heavy (non-hydrogen) atoms. The number of H-pyrrole nitrogens is 1. The van der Waals surface area contributed by atoms with E-state index in [2.05, 4.69) is 10.2 Å². The molecule has 0 aliphatic carbocycles. The first-order chi connectivity index (χ1) is 10.1. The van der Waals surface area contributed by atoms with Gasteiger partial charge in [0.15, 0.2) is 5.16 Å². The Kier molecular flexibility index (Phi) is 5.32. The molecule has 2 rings (SSSR count). The summed E-state index contributed by atoms with van der Waals surface area (Å²) in [5.74, 6) is 1.53. The van der Waals surface area contributed by atoms with Crippen LogP contribution in [0.5, 0.6) is 5.75 Å². The van der Waals surface area contributed by atoms with Crippen molar-refractivity contribution in [1.82, 2.24) is 14.8 Å². The van der Waals surface area contributed by atoms with Crippen LogP contribution in [0, 0.1) is 0 Å². The maximum atomic E-state index is 11.6. The van der Waals surface area contributed by atoms with Gasteiger partial charge in [0.2, 0.25) is 0 Å². The first kappa shape index (κ1) is 15.5. The van der Waals surface area contributed by atoms with Crippen LogP contribution in [0.25, 0.3) is 0 Å². The Morgan fingerprint density at radius 1 is 1.43 bits per heavy atom. The number of benzene rings is 1. The van der Waals surface area contributed by atoms with E-state index in [0.29, 0.717) is 23.2 Å². The quantitative estimate of drug-likeness (QED) is 0.465. The number of hydrogen-bond acceptors (Lipinski definition) is 5. The van der Waals surface area contributed by atoms with Gasteiger partial charge in [-0.1, -0.05) is 23.9 Å². The van der Waals surface area contributed by atoms with Gasteiger partial charge in [0.25, 0.3) is 0 Å². The molecule has 1 aromatic carbocycles. The number of aromatic nitrogens is 3. The van der Waals surface area contributed by atoms with Gasteiger partial charge in [0.1, 0.15) is 5.75 Å². The van der Waals surface area contributed by atoms with E-state index in [4.69, 9.17) is 10.5 Å². The van der Waals surface area contributed by atoms with Crippen molar-refractivity contribution < 1.29 is 4.74 Å². The predicted molar refractivity (Wildman–Crippen MR) is 84.9 cm³/mol. The monoisotopic (exact) mass is 308 g/mol. The van der Waals surface area contributed by atoms with E-state index >= 15 is 0 Å². The normalized spacial score (nSPS) is 11.0. The number of nitrogen functional groups attached to an aromatic ring is 1. The molecule has 3 N–H and O–H groups in total. The molecule has 1 aromatic heterocycles. The van der Waals surface area contributed by atoms with Crippen molar-refractivity contribution in [2.24, 2.45) is 0 Å². The molecule has 0 amide bonds. The van der Waals surface area contributed by atoms with Gasteiger partial charge in [0, 0.05) is 11.8 Å². The van der Waals surface area contributed by atoms with Crippen LogP contribution in [0.2, 0.25) is 0 Å². The summed E-state index contributed by atoms with van der Waals surface area (Å²) >= 11 is 1.54. The lowest BCUT2D eigenvalue weighted by atomic mass is 10.3. The van der Waals surface area contributed by atoms with Gasteiger partial charge in [0.05, 0.1) is 12.3 Å². The highest BCUT2D eigenvalue weighted by Crippen LogP contribution is 2.21. The first-order valence-corrected chi connectivity index (χ1v) is 7.85. The lowest BCUT2D eigenvalue weighted by Crippen LogP contribution is -2.19. The molecule has 7 heteroatoms. The summed E-state index contributed by atoms with van der Waals surface area (Å²) in [6.07, 6.45) is 0.845. The molecule has 0 aliphatic heterocycles. The SMILES string of the molecule is CC(C)n1c(SCCCOc2ccccc2N)n[nH]c1=O. The highest BCUT2D eigenvalue weighted by Gasteiger charge is 2.11. The minimum absolute atomic E-state index is 0.0964. The van der Waals surface area contributed by atoms with Gasteiger partial charge in [-0.3, -0.25) is 4.57 Å². The summed E-state index contributed by atoms with van der Waals surface area (Å²) < 4.78 is 7.28. The van der Waals surface area contributed by atoms with E-state index in [0.717, 1.165) is 12.2 Å². The Morgan fingerprint density at radius 3 is 2.90 bits per heavy atom. The Labute approximate surface area is 127 Å². The molecule has 0 atom stereocenters. The summed E-state index contributed by atoms with van der Waals surface area (Å²) in [7, 11) is 0. The van der Waals surface area contributed by atoms with Crippen LogP contribution in [0.1, 0.15) is 26.3 Å². The van der Waals surface area contributed by atoms with Gasteiger partial charge in [-0.25, -0.2) is 9.89 Å². The molecular formula is C14H20N4O2S. The van der Waals surface area contributed by atoms with Crippen LogP contribution in [-0.4, -0.2) is 27.1 Å². The molecule has 0 unspecified atom stereocenters. The molecule has 6 nitrogen and oxygen atoms in total. The summed E-state index contributed by atoms with van der Waals surface area (Å²) in [5.41, 5.74) is 6.28. The number of hydrogen-bond donors (Lipinski definition) is 2. The fourth-order valence-electron chi connectivity index (χ4n) is 1.86. The second-order valence-corrected chi connectivity index (χ2v) is 5.93. The van der Waals surface area contributed by atoms with Crippen LogP contribution in [0.4, 0.5) is 5.69 Å². The third-order valence-electron chi connectivity index (χ3n) is 2.88. The number of nitrogens with zero attached hydrogens (tertiary/aromatic N) is 2. The molecule has 0 spiro atoms. The van der Waals surface area contributed by atoms with Crippen LogP contribution < -0.4 is 16.2 Å². The van der Waals surface area contributed by atoms with Crippen LogP contribution in [0.3, 0.4) is 0 Å². The second-order valence-electron chi connectivity index (χ2n) is 4.86. The zero-order valence-electron chi connectivity index (χ0n) is 12.2. The third-order valence-corrected chi connectivity index (χ3v) is 3.92. The smallest absolute Gasteiger partial charge is 0.344 e. The summed E-state index contributed by atoms with van der Waals surface area (Å²) in [6, 6.07) is 7.53. The van der Waals surface area contributed by atoms with Gasteiger partial charge in [-0.2, -0.15) is 0 Å². The number of ether oxygens (including phenoxy) is 1. The summed E-state index contributed by atoms with van der Waals surface area (Å²) in [6.45, 7) is 4.50. The largest absolute Gasteiger partial charge is 0.491 e. The molecular weight excluding hydrogens is 288 g/mol. The fraction of sp³-hybridized carbons (Fsp3) is 0.429. The van der Waals surface area contributed by atoms with Crippen molar-refractivity contribution in [1.29, 1.82) is 0 Å². The van der Waals surface area contributed by atoms with E-state index < -0.39 is 0 Å². The highest BCUT2D eigenvalue weighted by atomic mass is 32.2. The first-order valence-electron chi connectivity index (χ1n) is 6.86. The Morgan fingerprint density at radius 2 is 2.19 bits per heavy atom. The van der Waals surface area contributed by atoms with E-state index in [1.807, 2.05) is 38.1 Å². The van der Waals surface area contributed by atoms with Gasteiger partial charge in [-0.05, 0) is 32.4 Å². The number of nitrogens with one attached hydrogen (secondary N) is 1. The van der Waals surface area contributed by atoms with Crippen LogP contribution in [-0.2, 0) is 0 Å². The number of nitrogens with two attached hydrogens (primary N) is 1. The van der Waals surface area contributed by atoms with E-state index in [1.54, 1.807) is 16.3 Å². The summed E-state index contributed by atoms with van der Waals surface area (Å²) in [5, 5.41) is 7.23. The van der Waals surface area contributed by atoms with E-state index in [-0.39, 0.29) is 11.7 Å². The van der Waals surface area contributed by atoms with E-state index in [9.17, 15) is 4.79 Å². The molecule has 0 aliphatic rings. The predicted octanol–water partition coefficient (Wildman–Crippen LogP) is 2.30. The molecule has 2 aromatic rings. The Hall–Kier alpha value is -1.89. The van der Waals surface area contributed by atoms with Crippen molar-refractivity contribution in [3.8, 4) is 5.75 Å². The topological polar surface area (TPSA) is 85.9 Å². The summed E-state index contributed by atoms with van der Waals surface area (Å²) in [4.78, 5) is 11.6. The minimum Gasteiger partial charge on any atom is -0.491 e. The van der Waals surface area contributed by atoms with Crippen molar-refractivity contribution in [3.05, 3.63) is 34.7 Å². The Balaban J connectivity index is 1.78. The van der Waals surface area contributed by atoms with Crippen molar-refractivity contribution in [3.63, 3.8) is 0 Å². The van der Waals surface area contributed by atoms with Gasteiger partial charge >= 0.3 is 5.69 Å². The molecule has 0 bridgehead atoms. The molecule has 0 saturated carbocycles. The molecule has 1 heterocycles. The molecule has 114 valence electrons. The number of para-hydroxylation sites is 2. The standard InChI is InChI=1S/C14H20N4O2S/c1-10(2)18-13(19)16-17-14(18)21-9-5-8-20-12-7-4-3-6-11(12)15/h3-4,6-7,10H,5,8-9,15H2,1-2H3,(H,16,19). The lowest BCUT2D eigenvalue weighted by molar-refractivity contribution is 0.320. The van der Waals surface area contributed by atoms with Crippen LogP contribution >= 0.6 is 11.8 Å². The second kappa shape index (κ2) is 7.21. The van der Waals surface area contributed by atoms with Crippen molar-refractivity contribution in [2.75, 3.05) is 18.1 Å². The minimum atomic E-state index is -0.166. The zero-order valence-corrected chi connectivity index (χ0v) is 13.0.